The van der Waals surface area contributed by atoms with E-state index in [2.05, 4.69) is 131 Å². The van der Waals surface area contributed by atoms with Gasteiger partial charge in [-0.3, -0.25) is 0 Å². The van der Waals surface area contributed by atoms with Crippen LogP contribution >= 0.6 is 0 Å². The van der Waals surface area contributed by atoms with E-state index in [9.17, 15) is 0 Å². The fourth-order valence-electron chi connectivity index (χ4n) is 8.46. The lowest BCUT2D eigenvalue weighted by atomic mass is 9.62. The Morgan fingerprint density at radius 1 is 0.431 bits per heavy atom. The molecule has 51 heavy (non-hydrogen) atoms. The first-order valence-corrected chi connectivity index (χ1v) is 18.2. The van der Waals surface area contributed by atoms with Crippen LogP contribution in [0.15, 0.2) is 140 Å². The van der Waals surface area contributed by atoms with Gasteiger partial charge in [0.2, 0.25) is 0 Å². The van der Waals surface area contributed by atoms with Gasteiger partial charge in [-0.25, -0.2) is 15.0 Å². The summed E-state index contributed by atoms with van der Waals surface area (Å²) in [6.45, 7) is 9.66. The number of rotatable bonds is 4. The monoisotopic (exact) mass is 659 g/mol. The summed E-state index contributed by atoms with van der Waals surface area (Å²) in [6, 6.07) is 50.1. The van der Waals surface area contributed by atoms with Gasteiger partial charge in [0.15, 0.2) is 17.5 Å². The normalized spacial score (nSPS) is 16.1. The van der Waals surface area contributed by atoms with Crippen LogP contribution in [0, 0.1) is 5.41 Å². The molecule has 0 N–H and O–H groups in total. The molecule has 9 rings (SSSR count). The van der Waals surface area contributed by atoms with Crippen LogP contribution in [0.25, 0.3) is 67.5 Å². The van der Waals surface area contributed by atoms with E-state index in [4.69, 9.17) is 15.0 Å². The first-order valence-electron chi connectivity index (χ1n) is 18.2. The van der Waals surface area contributed by atoms with Crippen LogP contribution in [0.3, 0.4) is 0 Å². The van der Waals surface area contributed by atoms with E-state index in [1.807, 2.05) is 36.4 Å². The summed E-state index contributed by atoms with van der Waals surface area (Å²) in [5, 5.41) is 0. The van der Waals surface area contributed by atoms with Crippen LogP contribution in [-0.2, 0) is 18.3 Å². The maximum absolute atomic E-state index is 4.99. The predicted molar refractivity (Wildman–Crippen MR) is 210 cm³/mol. The molecule has 6 aromatic carbocycles. The van der Waals surface area contributed by atoms with Crippen LogP contribution in [0.2, 0.25) is 0 Å². The molecule has 0 saturated heterocycles. The molecule has 2 aliphatic carbocycles. The van der Waals surface area contributed by atoms with Crippen molar-refractivity contribution < 1.29 is 0 Å². The van der Waals surface area contributed by atoms with Crippen molar-refractivity contribution in [3.05, 3.63) is 162 Å². The van der Waals surface area contributed by atoms with Gasteiger partial charge in [-0.15, -0.1) is 0 Å². The molecule has 3 heteroatoms. The fraction of sp³-hybridized carbons (Fsp3) is 0.188. The highest BCUT2D eigenvalue weighted by Gasteiger charge is 2.49. The Balaban J connectivity index is 1.22. The van der Waals surface area contributed by atoms with Gasteiger partial charge in [-0.1, -0.05) is 167 Å². The zero-order chi connectivity index (χ0) is 34.7. The van der Waals surface area contributed by atoms with Gasteiger partial charge in [-0.05, 0) is 80.3 Å². The van der Waals surface area contributed by atoms with Gasteiger partial charge in [0, 0.05) is 22.1 Å². The van der Waals surface area contributed by atoms with Gasteiger partial charge < -0.3 is 0 Å². The van der Waals surface area contributed by atoms with Crippen molar-refractivity contribution in [2.45, 2.75) is 52.4 Å². The second-order valence-corrected chi connectivity index (χ2v) is 15.3. The molecule has 0 radical (unpaired) electrons. The summed E-state index contributed by atoms with van der Waals surface area (Å²) < 4.78 is 0. The maximum Gasteiger partial charge on any atom is 0.164 e. The molecule has 2 aliphatic rings. The van der Waals surface area contributed by atoms with Crippen molar-refractivity contribution in [1.82, 2.24) is 15.0 Å². The van der Waals surface area contributed by atoms with Crippen LogP contribution in [0.4, 0.5) is 0 Å². The van der Waals surface area contributed by atoms with E-state index in [1.54, 1.807) is 0 Å². The quantitative estimate of drug-likeness (QED) is 0.189. The first-order chi connectivity index (χ1) is 24.8. The van der Waals surface area contributed by atoms with Crippen molar-refractivity contribution in [3.63, 3.8) is 0 Å². The Bertz CT molecular complexity index is 2360. The average molecular weight is 660 g/mol. The topological polar surface area (TPSA) is 38.7 Å². The largest absolute Gasteiger partial charge is 0.208 e. The van der Waals surface area contributed by atoms with Gasteiger partial charge in [0.1, 0.15) is 0 Å². The predicted octanol–water partition coefficient (Wildman–Crippen LogP) is 12.0. The average Bonchev–Trinajstić information content (AvgIpc) is 3.30. The maximum atomic E-state index is 4.99. The number of benzene rings is 6. The van der Waals surface area contributed by atoms with Crippen LogP contribution in [0.5, 0.6) is 0 Å². The van der Waals surface area contributed by atoms with Crippen LogP contribution < -0.4 is 0 Å². The molecule has 0 aliphatic heterocycles. The van der Waals surface area contributed by atoms with Crippen molar-refractivity contribution in [2.75, 3.05) is 0 Å². The third-order valence-corrected chi connectivity index (χ3v) is 11.5. The highest BCUT2D eigenvalue weighted by molar-refractivity contribution is 6.01. The summed E-state index contributed by atoms with van der Waals surface area (Å²) in [6.07, 6.45) is 3.38. The number of hydrogen-bond donors (Lipinski definition) is 0. The third-order valence-electron chi connectivity index (χ3n) is 11.5. The van der Waals surface area contributed by atoms with Crippen molar-refractivity contribution in [1.29, 1.82) is 0 Å². The number of aryl methyl sites for hydroxylation is 2. The lowest BCUT2D eigenvalue weighted by Crippen LogP contribution is -2.36. The van der Waals surface area contributed by atoms with Gasteiger partial charge in [0.25, 0.3) is 0 Å². The molecule has 0 saturated carbocycles. The Morgan fingerprint density at radius 2 is 0.941 bits per heavy atom. The Morgan fingerprint density at radius 3 is 1.57 bits per heavy atom. The number of aromatic nitrogens is 3. The van der Waals surface area contributed by atoms with E-state index >= 15 is 0 Å². The zero-order valence-corrected chi connectivity index (χ0v) is 29.7. The Kier molecular flexibility index (Phi) is 7.36. The lowest BCUT2D eigenvalue weighted by Gasteiger charge is -2.41. The van der Waals surface area contributed by atoms with E-state index < -0.39 is 0 Å². The number of hydrogen-bond acceptors (Lipinski definition) is 3. The minimum absolute atomic E-state index is 0.000427. The van der Waals surface area contributed by atoms with E-state index in [0.717, 1.165) is 29.5 Å². The fourth-order valence-corrected chi connectivity index (χ4v) is 8.46. The molecular formula is C48H41N3. The summed E-state index contributed by atoms with van der Waals surface area (Å²) in [7, 11) is 0. The van der Waals surface area contributed by atoms with E-state index in [0.29, 0.717) is 17.5 Å². The van der Waals surface area contributed by atoms with E-state index in [1.165, 1.54) is 62.1 Å². The third kappa shape index (κ3) is 5.06. The Labute approximate surface area is 301 Å². The molecule has 3 nitrogen and oxygen atoms in total. The molecular weight excluding hydrogens is 619 g/mol. The molecule has 1 unspecified atom stereocenters. The summed E-state index contributed by atoms with van der Waals surface area (Å²) >= 11 is 0. The molecule has 7 aromatic rings. The second-order valence-electron chi connectivity index (χ2n) is 15.3. The molecule has 0 fully saturated rings. The zero-order valence-electron chi connectivity index (χ0n) is 29.7. The van der Waals surface area contributed by atoms with Gasteiger partial charge in [0.05, 0.1) is 0 Å². The summed E-state index contributed by atoms with van der Waals surface area (Å²) in [4.78, 5) is 14.9. The van der Waals surface area contributed by atoms with Crippen molar-refractivity contribution in [2.24, 2.45) is 5.41 Å². The van der Waals surface area contributed by atoms with Gasteiger partial charge >= 0.3 is 0 Å². The molecule has 1 atom stereocenters. The molecule has 1 heterocycles. The van der Waals surface area contributed by atoms with Crippen LogP contribution in [0.1, 0.15) is 56.4 Å². The highest BCUT2D eigenvalue weighted by atomic mass is 15.0. The SMILES string of the molecule is CC(C)(C)C1(C)c2cccc(-c3ccc(-c4nc(-c5ccccc5)nc(-c5ccccc5)n4)cc3)c2-c2c1ccc1c2-c2ccccc2CCC1. The molecule has 248 valence electrons. The standard InChI is InChI=1S/C48H41N3/c1-47(2,3)48(4)39-24-14-23-38(42(39)43-40(48)30-29-33-21-13-20-31-15-11-12-22-37(31)41(33)43)32-25-27-36(28-26-32)46-50-44(34-16-7-5-8-17-34)49-45(51-46)35-18-9-6-10-19-35/h5-12,14-19,22-30H,13,20-21H2,1-4H3. The summed E-state index contributed by atoms with van der Waals surface area (Å²) in [5.74, 6) is 2.01. The van der Waals surface area contributed by atoms with Crippen molar-refractivity contribution in [3.8, 4) is 67.5 Å². The molecule has 0 bridgehead atoms. The molecule has 0 amide bonds. The molecule has 0 spiro atoms. The molecule has 1 aromatic heterocycles. The number of nitrogens with zero attached hydrogens (tertiary/aromatic N) is 3. The highest BCUT2D eigenvalue weighted by Crippen LogP contribution is 2.61. The smallest absolute Gasteiger partial charge is 0.164 e. The minimum atomic E-state index is -0.156. The lowest BCUT2D eigenvalue weighted by molar-refractivity contribution is 0.255. The minimum Gasteiger partial charge on any atom is -0.208 e. The summed E-state index contributed by atoms with van der Waals surface area (Å²) in [5.41, 5.74) is 16.6. The number of fused-ring (bicyclic) bond motifs is 7. The Hall–Kier alpha value is -5.67. The van der Waals surface area contributed by atoms with Crippen molar-refractivity contribution >= 4 is 0 Å². The first kappa shape index (κ1) is 31.3. The van der Waals surface area contributed by atoms with Gasteiger partial charge in [-0.2, -0.15) is 0 Å². The second kappa shape index (κ2) is 12.0. The van der Waals surface area contributed by atoms with Crippen LogP contribution in [-0.4, -0.2) is 15.0 Å². The van der Waals surface area contributed by atoms with E-state index in [-0.39, 0.29) is 10.8 Å².